The number of nitrogens with one attached hydrogen (secondary N) is 3. The van der Waals surface area contributed by atoms with Crippen molar-refractivity contribution in [2.45, 2.75) is 56.3 Å². The summed E-state index contributed by atoms with van der Waals surface area (Å²) in [6, 6.07) is 8.92. The normalized spacial score (nSPS) is 24.9. The number of piperazine rings is 1. The van der Waals surface area contributed by atoms with Crippen LogP contribution >= 0.6 is 11.8 Å². The van der Waals surface area contributed by atoms with Gasteiger partial charge in [0, 0.05) is 16.2 Å². The van der Waals surface area contributed by atoms with Gasteiger partial charge in [0.25, 0.3) is 0 Å². The minimum Gasteiger partial charge on any atom is -0.350 e. The summed E-state index contributed by atoms with van der Waals surface area (Å²) in [7, 11) is 0. The summed E-state index contributed by atoms with van der Waals surface area (Å²) in [6.45, 7) is 7.61. The molecule has 0 saturated carbocycles. The molecule has 23 heavy (non-hydrogen) atoms. The highest BCUT2D eigenvalue weighted by Gasteiger charge is 2.38. The van der Waals surface area contributed by atoms with Gasteiger partial charge in [-0.2, -0.15) is 0 Å². The third-order valence-corrected chi connectivity index (χ3v) is 4.64. The average Bonchev–Trinajstić information content (AvgIpc) is 2.47. The molecular weight excluding hydrogens is 310 g/mol. The van der Waals surface area contributed by atoms with Crippen LogP contribution in [0.5, 0.6) is 0 Å². The van der Waals surface area contributed by atoms with E-state index in [1.54, 1.807) is 18.7 Å². The molecular formula is C17H25N3O2S. The maximum atomic E-state index is 12.6. The topological polar surface area (TPSA) is 70.2 Å². The smallest absolute Gasteiger partial charge is 0.239 e. The van der Waals surface area contributed by atoms with Crippen molar-refractivity contribution in [1.29, 1.82) is 0 Å². The first-order valence-corrected chi connectivity index (χ1v) is 8.81. The van der Waals surface area contributed by atoms with E-state index in [2.05, 4.69) is 16.0 Å². The Morgan fingerprint density at radius 1 is 1.26 bits per heavy atom. The van der Waals surface area contributed by atoms with Gasteiger partial charge < -0.3 is 10.6 Å². The van der Waals surface area contributed by atoms with Gasteiger partial charge in [0.2, 0.25) is 11.8 Å². The van der Waals surface area contributed by atoms with E-state index in [1.165, 1.54) is 0 Å². The highest BCUT2D eigenvalue weighted by molar-refractivity contribution is 7.99. The maximum absolute atomic E-state index is 12.6. The van der Waals surface area contributed by atoms with Crippen LogP contribution in [0.3, 0.4) is 0 Å². The number of benzene rings is 1. The molecule has 0 radical (unpaired) electrons. The highest BCUT2D eigenvalue weighted by atomic mass is 32.2. The zero-order valence-corrected chi connectivity index (χ0v) is 14.9. The number of rotatable bonds is 4. The number of thioether (sulfide) groups is 1. The number of amides is 2. The molecule has 1 aliphatic rings. The van der Waals surface area contributed by atoms with Crippen LogP contribution in [0.1, 0.15) is 27.7 Å². The van der Waals surface area contributed by atoms with E-state index in [-0.39, 0.29) is 29.4 Å². The van der Waals surface area contributed by atoms with Gasteiger partial charge in [-0.05, 0) is 39.8 Å². The minimum atomic E-state index is -0.432. The van der Waals surface area contributed by atoms with E-state index < -0.39 is 6.04 Å². The molecule has 1 aromatic rings. The van der Waals surface area contributed by atoms with Gasteiger partial charge in [-0.1, -0.05) is 18.2 Å². The summed E-state index contributed by atoms with van der Waals surface area (Å²) in [5.41, 5.74) is -0.305. The molecule has 1 heterocycles. The van der Waals surface area contributed by atoms with Crippen molar-refractivity contribution in [3.05, 3.63) is 30.3 Å². The first kappa shape index (κ1) is 17.8. The fourth-order valence-electron chi connectivity index (χ4n) is 2.40. The minimum absolute atomic E-state index is 0.0662. The van der Waals surface area contributed by atoms with Gasteiger partial charge in [0.05, 0.1) is 12.1 Å². The predicted octanol–water partition coefficient (Wildman–Crippen LogP) is 1.54. The molecule has 3 N–H and O–H groups in total. The molecule has 2 amide bonds. The van der Waals surface area contributed by atoms with Crippen LogP contribution in [0.2, 0.25) is 0 Å². The van der Waals surface area contributed by atoms with Gasteiger partial charge in [-0.15, -0.1) is 11.8 Å². The third kappa shape index (κ3) is 5.25. The van der Waals surface area contributed by atoms with Crippen molar-refractivity contribution in [1.82, 2.24) is 16.0 Å². The summed E-state index contributed by atoms with van der Waals surface area (Å²) >= 11 is 1.63. The molecule has 0 aromatic heterocycles. The second kappa shape index (κ2) is 7.36. The van der Waals surface area contributed by atoms with Crippen molar-refractivity contribution < 1.29 is 9.59 Å². The molecule has 126 valence electrons. The zero-order valence-electron chi connectivity index (χ0n) is 14.1. The van der Waals surface area contributed by atoms with Crippen molar-refractivity contribution in [2.75, 3.05) is 5.75 Å². The van der Waals surface area contributed by atoms with E-state index in [9.17, 15) is 9.59 Å². The Balaban J connectivity index is 2.05. The van der Waals surface area contributed by atoms with Gasteiger partial charge in [0.1, 0.15) is 6.04 Å². The predicted molar refractivity (Wildman–Crippen MR) is 93.4 cm³/mol. The van der Waals surface area contributed by atoms with Crippen molar-refractivity contribution in [2.24, 2.45) is 0 Å². The van der Waals surface area contributed by atoms with Crippen LogP contribution in [-0.4, -0.2) is 41.2 Å². The van der Waals surface area contributed by atoms with Crippen molar-refractivity contribution >= 4 is 23.6 Å². The number of carbonyl (C=O) groups is 2. The van der Waals surface area contributed by atoms with Crippen LogP contribution in [0.25, 0.3) is 0 Å². The summed E-state index contributed by atoms with van der Waals surface area (Å²) in [4.78, 5) is 25.6. The zero-order chi connectivity index (χ0) is 17.0. The number of carbonyl (C=O) groups excluding carboxylic acids is 2. The second-order valence-electron chi connectivity index (χ2n) is 6.84. The van der Waals surface area contributed by atoms with Crippen LogP contribution in [0.4, 0.5) is 0 Å². The van der Waals surface area contributed by atoms with Gasteiger partial charge in [-0.25, -0.2) is 0 Å². The van der Waals surface area contributed by atoms with Crippen molar-refractivity contribution in [3.8, 4) is 0 Å². The van der Waals surface area contributed by atoms with E-state index in [1.807, 2.05) is 51.1 Å². The number of hydrogen-bond donors (Lipinski definition) is 3. The summed E-state index contributed by atoms with van der Waals surface area (Å²) < 4.78 is 0. The van der Waals surface area contributed by atoms with Crippen LogP contribution < -0.4 is 16.0 Å². The Morgan fingerprint density at radius 2 is 1.91 bits per heavy atom. The molecule has 1 fully saturated rings. The Kier molecular flexibility index (Phi) is 5.70. The standard InChI is InChI=1S/C17H25N3O2S/c1-11-15(21)19-13(10-23-12-8-6-5-7-9-12)14(18-11)16(22)20-17(2,3)4/h5-9,11,13-14,18H,10H2,1-4H3,(H,19,21)(H,20,22)/t11-,13-,14-/m0/s1. The van der Waals surface area contributed by atoms with E-state index in [4.69, 9.17) is 0 Å². The van der Waals surface area contributed by atoms with Gasteiger partial charge in [-0.3, -0.25) is 14.9 Å². The molecule has 1 aromatic carbocycles. The molecule has 0 unspecified atom stereocenters. The van der Waals surface area contributed by atoms with E-state index in [0.717, 1.165) is 4.90 Å². The molecule has 0 bridgehead atoms. The number of hydrogen-bond acceptors (Lipinski definition) is 4. The van der Waals surface area contributed by atoms with Gasteiger partial charge in [0.15, 0.2) is 0 Å². The lowest BCUT2D eigenvalue weighted by Gasteiger charge is -2.37. The molecule has 1 saturated heterocycles. The monoisotopic (exact) mass is 335 g/mol. The molecule has 2 rings (SSSR count). The maximum Gasteiger partial charge on any atom is 0.239 e. The average molecular weight is 335 g/mol. The summed E-state index contributed by atoms with van der Waals surface area (Å²) in [6.07, 6.45) is 0. The molecule has 0 aliphatic carbocycles. The molecule has 0 spiro atoms. The fourth-order valence-corrected chi connectivity index (χ4v) is 3.40. The molecule has 6 heteroatoms. The lowest BCUT2D eigenvalue weighted by Crippen LogP contribution is -2.69. The quantitative estimate of drug-likeness (QED) is 0.730. The highest BCUT2D eigenvalue weighted by Crippen LogP contribution is 2.20. The summed E-state index contributed by atoms with van der Waals surface area (Å²) in [5.74, 6) is 0.490. The van der Waals surface area contributed by atoms with Gasteiger partial charge >= 0.3 is 0 Å². The van der Waals surface area contributed by atoms with Crippen LogP contribution in [-0.2, 0) is 9.59 Å². The summed E-state index contributed by atoms with van der Waals surface area (Å²) in [5, 5.41) is 9.10. The molecule has 1 aliphatic heterocycles. The SMILES string of the molecule is C[C@@H]1N[C@H](C(=O)NC(C)(C)C)[C@H](CSc2ccccc2)NC1=O. The Morgan fingerprint density at radius 3 is 2.52 bits per heavy atom. The first-order valence-electron chi connectivity index (χ1n) is 7.82. The fraction of sp³-hybridized carbons (Fsp3) is 0.529. The van der Waals surface area contributed by atoms with Crippen LogP contribution in [0.15, 0.2) is 35.2 Å². The molecule has 3 atom stereocenters. The van der Waals surface area contributed by atoms with Crippen molar-refractivity contribution in [3.63, 3.8) is 0 Å². The van der Waals surface area contributed by atoms with E-state index >= 15 is 0 Å². The Hall–Kier alpha value is -1.53. The van der Waals surface area contributed by atoms with Crippen LogP contribution in [0, 0.1) is 0 Å². The lowest BCUT2D eigenvalue weighted by atomic mass is 10.0. The lowest BCUT2D eigenvalue weighted by molar-refractivity contribution is -0.131. The first-order chi connectivity index (χ1) is 10.8. The Labute approximate surface area is 142 Å². The largest absolute Gasteiger partial charge is 0.350 e. The Bertz CT molecular complexity index is 557. The third-order valence-electron chi connectivity index (χ3n) is 3.51. The molecule has 5 nitrogen and oxygen atoms in total. The second-order valence-corrected chi connectivity index (χ2v) is 7.94. The van der Waals surface area contributed by atoms with E-state index in [0.29, 0.717) is 5.75 Å².